The van der Waals surface area contributed by atoms with Gasteiger partial charge in [-0.25, -0.2) is 0 Å². The van der Waals surface area contributed by atoms with E-state index in [2.05, 4.69) is 59.1 Å². The molecule has 0 radical (unpaired) electrons. The fraction of sp³-hybridized carbons (Fsp3) is 0.250. The third-order valence-electron chi connectivity index (χ3n) is 3.34. The predicted molar refractivity (Wildman–Crippen MR) is 86.5 cm³/mol. The normalized spacial score (nSPS) is 10.5. The number of anilines is 2. The van der Waals surface area contributed by atoms with Crippen molar-refractivity contribution in [2.45, 2.75) is 19.9 Å². The van der Waals surface area contributed by atoms with Crippen molar-refractivity contribution in [1.29, 1.82) is 0 Å². The molecule has 100 valence electrons. The smallest absolute Gasteiger partial charge is 0.0457 e. The molecule has 2 rings (SSSR count). The van der Waals surface area contributed by atoms with Crippen LogP contribution < -0.4 is 10.6 Å². The van der Waals surface area contributed by atoms with Gasteiger partial charge in [-0.15, -0.1) is 0 Å². The Bertz CT molecular complexity index is 529. The molecule has 2 nitrogen and oxygen atoms in total. The quantitative estimate of drug-likeness (QED) is 0.855. The SMILES string of the molecule is CCc1ccc(N(C)Cc2c(N)cccc2Br)cc1. The largest absolute Gasteiger partial charge is 0.398 e. The Hall–Kier alpha value is -1.48. The zero-order valence-electron chi connectivity index (χ0n) is 11.4. The number of nitrogen functional groups attached to an aromatic ring is 1. The number of nitrogens with zero attached hydrogens (tertiary/aromatic N) is 1. The second-order valence-corrected chi connectivity index (χ2v) is 5.54. The molecule has 0 heterocycles. The summed E-state index contributed by atoms with van der Waals surface area (Å²) in [6, 6.07) is 14.6. The molecule has 0 aromatic heterocycles. The average molecular weight is 319 g/mol. The summed E-state index contributed by atoms with van der Waals surface area (Å²) in [6.45, 7) is 2.96. The van der Waals surface area contributed by atoms with Crippen molar-refractivity contribution in [3.8, 4) is 0 Å². The second-order valence-electron chi connectivity index (χ2n) is 4.68. The van der Waals surface area contributed by atoms with Gasteiger partial charge in [-0.05, 0) is 36.2 Å². The molecule has 0 saturated carbocycles. The maximum absolute atomic E-state index is 6.04. The zero-order valence-corrected chi connectivity index (χ0v) is 12.9. The van der Waals surface area contributed by atoms with Crippen LogP contribution >= 0.6 is 15.9 Å². The third-order valence-corrected chi connectivity index (χ3v) is 4.08. The van der Waals surface area contributed by atoms with E-state index in [0.717, 1.165) is 28.7 Å². The summed E-state index contributed by atoms with van der Waals surface area (Å²) in [5.41, 5.74) is 10.6. The van der Waals surface area contributed by atoms with Crippen LogP contribution in [0.3, 0.4) is 0 Å². The summed E-state index contributed by atoms with van der Waals surface area (Å²) < 4.78 is 1.06. The van der Waals surface area contributed by atoms with E-state index in [1.54, 1.807) is 0 Å². The van der Waals surface area contributed by atoms with Gasteiger partial charge in [-0.1, -0.05) is 41.1 Å². The summed E-state index contributed by atoms with van der Waals surface area (Å²) in [5.74, 6) is 0. The summed E-state index contributed by atoms with van der Waals surface area (Å²) in [6.07, 6.45) is 1.07. The Balaban J connectivity index is 2.18. The predicted octanol–water partition coefficient (Wildman–Crippen LogP) is 4.23. The van der Waals surface area contributed by atoms with Crippen LogP contribution in [0.2, 0.25) is 0 Å². The lowest BCUT2D eigenvalue weighted by Gasteiger charge is -2.21. The third kappa shape index (κ3) is 3.29. The molecular formula is C16H19BrN2. The number of nitrogens with two attached hydrogens (primary N) is 1. The molecule has 19 heavy (non-hydrogen) atoms. The van der Waals surface area contributed by atoms with Crippen molar-refractivity contribution < 1.29 is 0 Å². The Labute approximate surface area is 123 Å². The van der Waals surface area contributed by atoms with Crippen LogP contribution in [0.4, 0.5) is 11.4 Å². The fourth-order valence-electron chi connectivity index (χ4n) is 2.06. The Morgan fingerprint density at radius 1 is 1.11 bits per heavy atom. The van der Waals surface area contributed by atoms with Crippen molar-refractivity contribution in [2.75, 3.05) is 17.7 Å². The van der Waals surface area contributed by atoms with Crippen LogP contribution in [-0.4, -0.2) is 7.05 Å². The first kappa shape index (κ1) is 13.9. The maximum atomic E-state index is 6.04. The Kier molecular flexibility index (Phi) is 4.48. The molecule has 2 N–H and O–H groups in total. The van der Waals surface area contributed by atoms with E-state index >= 15 is 0 Å². The van der Waals surface area contributed by atoms with Gasteiger partial charge < -0.3 is 10.6 Å². The Morgan fingerprint density at radius 3 is 2.37 bits per heavy atom. The van der Waals surface area contributed by atoms with Gasteiger partial charge in [0.15, 0.2) is 0 Å². The molecule has 0 saturated heterocycles. The summed E-state index contributed by atoms with van der Waals surface area (Å²) in [5, 5.41) is 0. The van der Waals surface area contributed by atoms with Gasteiger partial charge in [0.05, 0.1) is 0 Å². The lowest BCUT2D eigenvalue weighted by atomic mass is 10.1. The van der Waals surface area contributed by atoms with E-state index in [1.165, 1.54) is 11.3 Å². The standard InChI is InChI=1S/C16H19BrN2/c1-3-12-7-9-13(10-8-12)19(2)11-14-15(17)5-4-6-16(14)18/h4-10H,3,11,18H2,1-2H3. The summed E-state index contributed by atoms with van der Waals surface area (Å²) in [4.78, 5) is 2.20. The molecule has 0 amide bonds. The highest BCUT2D eigenvalue weighted by atomic mass is 79.9. The van der Waals surface area contributed by atoms with Crippen molar-refractivity contribution in [3.63, 3.8) is 0 Å². The average Bonchev–Trinajstić information content (AvgIpc) is 2.43. The highest BCUT2D eigenvalue weighted by Crippen LogP contribution is 2.26. The first-order valence-electron chi connectivity index (χ1n) is 6.44. The maximum Gasteiger partial charge on any atom is 0.0457 e. The molecule has 0 spiro atoms. The first-order chi connectivity index (χ1) is 9.11. The number of hydrogen-bond acceptors (Lipinski definition) is 2. The van der Waals surface area contributed by atoms with Gasteiger partial charge in [0.2, 0.25) is 0 Å². The fourth-order valence-corrected chi connectivity index (χ4v) is 2.56. The van der Waals surface area contributed by atoms with Gasteiger partial charge in [-0.2, -0.15) is 0 Å². The summed E-state index contributed by atoms with van der Waals surface area (Å²) >= 11 is 3.56. The van der Waals surface area contributed by atoms with Crippen LogP contribution in [0.1, 0.15) is 18.1 Å². The number of rotatable bonds is 4. The molecule has 2 aromatic rings. The first-order valence-corrected chi connectivity index (χ1v) is 7.24. The topological polar surface area (TPSA) is 29.3 Å². The minimum Gasteiger partial charge on any atom is -0.398 e. The number of halogens is 1. The molecule has 3 heteroatoms. The van der Waals surface area contributed by atoms with Gasteiger partial charge in [0.25, 0.3) is 0 Å². The van der Waals surface area contributed by atoms with Crippen molar-refractivity contribution in [3.05, 3.63) is 58.1 Å². The van der Waals surface area contributed by atoms with E-state index in [1.807, 2.05) is 18.2 Å². The highest BCUT2D eigenvalue weighted by molar-refractivity contribution is 9.10. The zero-order chi connectivity index (χ0) is 13.8. The van der Waals surface area contributed by atoms with E-state index < -0.39 is 0 Å². The lowest BCUT2D eigenvalue weighted by Crippen LogP contribution is -2.17. The molecule has 2 aromatic carbocycles. The van der Waals surface area contributed by atoms with E-state index in [0.29, 0.717) is 0 Å². The number of hydrogen-bond donors (Lipinski definition) is 1. The molecule has 0 unspecified atom stereocenters. The van der Waals surface area contributed by atoms with Gasteiger partial charge in [0.1, 0.15) is 0 Å². The molecule has 0 aliphatic rings. The Morgan fingerprint density at radius 2 is 1.79 bits per heavy atom. The monoisotopic (exact) mass is 318 g/mol. The molecule has 0 aliphatic carbocycles. The van der Waals surface area contributed by atoms with Crippen molar-refractivity contribution in [2.24, 2.45) is 0 Å². The molecule has 0 fully saturated rings. The van der Waals surface area contributed by atoms with Crippen molar-refractivity contribution in [1.82, 2.24) is 0 Å². The van der Waals surface area contributed by atoms with Gasteiger partial charge in [-0.3, -0.25) is 0 Å². The van der Waals surface area contributed by atoms with Gasteiger partial charge >= 0.3 is 0 Å². The molecular weight excluding hydrogens is 300 g/mol. The highest BCUT2D eigenvalue weighted by Gasteiger charge is 2.08. The minimum absolute atomic E-state index is 0.790. The number of benzene rings is 2. The number of aryl methyl sites for hydroxylation is 1. The van der Waals surface area contributed by atoms with Crippen LogP contribution in [-0.2, 0) is 13.0 Å². The van der Waals surface area contributed by atoms with Crippen molar-refractivity contribution >= 4 is 27.3 Å². The lowest BCUT2D eigenvalue weighted by molar-refractivity contribution is 0.920. The van der Waals surface area contributed by atoms with Crippen LogP contribution in [0.25, 0.3) is 0 Å². The second kappa shape index (κ2) is 6.11. The minimum atomic E-state index is 0.790. The summed E-state index contributed by atoms with van der Waals surface area (Å²) in [7, 11) is 2.08. The van der Waals surface area contributed by atoms with E-state index in [-0.39, 0.29) is 0 Å². The molecule has 0 aliphatic heterocycles. The van der Waals surface area contributed by atoms with Gasteiger partial charge in [0, 0.05) is 35.0 Å². The van der Waals surface area contributed by atoms with Crippen LogP contribution in [0.15, 0.2) is 46.9 Å². The molecule has 0 atom stereocenters. The molecule has 0 bridgehead atoms. The van der Waals surface area contributed by atoms with E-state index in [4.69, 9.17) is 5.73 Å². The van der Waals surface area contributed by atoms with Crippen LogP contribution in [0, 0.1) is 0 Å². The van der Waals surface area contributed by atoms with Crippen LogP contribution in [0.5, 0.6) is 0 Å². The van der Waals surface area contributed by atoms with E-state index in [9.17, 15) is 0 Å².